The summed E-state index contributed by atoms with van der Waals surface area (Å²) < 4.78 is 0. The molecule has 94 valence electrons. The first-order chi connectivity index (χ1) is 8.65. The normalized spacial score (nSPS) is 14.9. The number of hydrogen-bond acceptors (Lipinski definition) is 3. The Hall–Kier alpha value is -1.80. The average Bonchev–Trinajstić information content (AvgIpc) is 2.76. The fourth-order valence-corrected chi connectivity index (χ4v) is 2.31. The number of aromatic nitrogens is 1. The summed E-state index contributed by atoms with van der Waals surface area (Å²) >= 11 is 1.59. The van der Waals surface area contributed by atoms with Gasteiger partial charge in [0.15, 0.2) is 0 Å². The maximum atomic E-state index is 10.7. The van der Waals surface area contributed by atoms with Crippen LogP contribution in [0.1, 0.15) is 23.5 Å². The molecule has 2 heterocycles. The minimum absolute atomic E-state index is 0.568. The topological polar surface area (TPSA) is 53.4 Å². The highest BCUT2D eigenvalue weighted by Crippen LogP contribution is 2.15. The van der Waals surface area contributed by atoms with Crippen molar-refractivity contribution in [3.8, 4) is 11.8 Å². The zero-order valence-corrected chi connectivity index (χ0v) is 11.0. The van der Waals surface area contributed by atoms with Crippen molar-refractivity contribution in [1.29, 1.82) is 0 Å². The first-order valence-electron chi connectivity index (χ1n) is 5.74. The molecule has 0 aliphatic carbocycles. The molecule has 0 saturated carbocycles. The molecule has 0 unspecified atom stereocenters. The second-order valence-corrected chi connectivity index (χ2v) is 5.16. The Bertz CT molecular complexity index is 527. The van der Waals surface area contributed by atoms with Gasteiger partial charge < -0.3 is 10.0 Å². The fourth-order valence-electron chi connectivity index (χ4n) is 1.76. The van der Waals surface area contributed by atoms with Crippen LogP contribution in [0.4, 0.5) is 4.79 Å². The van der Waals surface area contributed by atoms with E-state index in [4.69, 9.17) is 5.11 Å². The predicted octanol–water partition coefficient (Wildman–Crippen LogP) is 2.50. The van der Waals surface area contributed by atoms with Gasteiger partial charge in [-0.3, -0.25) is 0 Å². The zero-order valence-electron chi connectivity index (χ0n) is 10.1. The third-order valence-electron chi connectivity index (χ3n) is 2.77. The van der Waals surface area contributed by atoms with Gasteiger partial charge in [-0.05, 0) is 31.8 Å². The van der Waals surface area contributed by atoms with Crippen LogP contribution in [0.3, 0.4) is 0 Å². The van der Waals surface area contributed by atoms with Crippen molar-refractivity contribution in [2.45, 2.75) is 19.8 Å². The van der Waals surface area contributed by atoms with Gasteiger partial charge >= 0.3 is 6.09 Å². The summed E-state index contributed by atoms with van der Waals surface area (Å²) in [6.45, 7) is 3.09. The van der Waals surface area contributed by atoms with E-state index in [-0.39, 0.29) is 0 Å². The maximum absolute atomic E-state index is 10.7. The number of allylic oxidation sites excluding steroid dienone is 1. The molecule has 1 aliphatic heterocycles. The summed E-state index contributed by atoms with van der Waals surface area (Å²) in [5, 5.41) is 11.8. The lowest BCUT2D eigenvalue weighted by Crippen LogP contribution is -2.35. The van der Waals surface area contributed by atoms with Gasteiger partial charge in [0.1, 0.15) is 5.69 Å². The van der Waals surface area contributed by atoms with Gasteiger partial charge in [-0.25, -0.2) is 9.78 Å². The Morgan fingerprint density at radius 1 is 1.56 bits per heavy atom. The Morgan fingerprint density at radius 3 is 2.83 bits per heavy atom. The van der Waals surface area contributed by atoms with Crippen LogP contribution in [0.25, 0.3) is 0 Å². The van der Waals surface area contributed by atoms with Gasteiger partial charge in [-0.15, -0.1) is 11.3 Å². The van der Waals surface area contributed by atoms with Crippen LogP contribution in [0, 0.1) is 18.8 Å². The summed E-state index contributed by atoms with van der Waals surface area (Å²) in [5.41, 5.74) is 2.02. The maximum Gasteiger partial charge on any atom is 0.407 e. The van der Waals surface area contributed by atoms with E-state index in [2.05, 4.69) is 16.8 Å². The lowest BCUT2D eigenvalue weighted by molar-refractivity contribution is 0.141. The number of amides is 1. The minimum atomic E-state index is -0.835. The molecule has 0 radical (unpaired) electrons. The highest BCUT2D eigenvalue weighted by Gasteiger charge is 2.17. The van der Waals surface area contributed by atoms with Crippen molar-refractivity contribution in [1.82, 2.24) is 9.88 Å². The Morgan fingerprint density at radius 2 is 2.28 bits per heavy atom. The van der Waals surface area contributed by atoms with Crippen molar-refractivity contribution in [3.05, 3.63) is 27.7 Å². The number of aryl methyl sites for hydroxylation is 1. The van der Waals surface area contributed by atoms with E-state index < -0.39 is 6.09 Å². The number of piperidine rings is 1. The van der Waals surface area contributed by atoms with Gasteiger partial charge in [-0.1, -0.05) is 11.5 Å². The number of rotatable bonds is 0. The molecule has 18 heavy (non-hydrogen) atoms. The van der Waals surface area contributed by atoms with E-state index in [0.29, 0.717) is 13.1 Å². The SMILES string of the molecule is Cc1nc(C#CC=C2CCN(C(=O)O)CC2)cs1. The van der Waals surface area contributed by atoms with Crippen LogP contribution in [0.2, 0.25) is 0 Å². The molecule has 2 rings (SSSR count). The number of carboxylic acid groups (broad SMARTS) is 1. The molecule has 1 aliphatic rings. The summed E-state index contributed by atoms with van der Waals surface area (Å²) in [6, 6.07) is 0. The quantitative estimate of drug-likeness (QED) is 0.731. The molecule has 1 aromatic heterocycles. The first kappa shape index (κ1) is 12.7. The fraction of sp³-hybridized carbons (Fsp3) is 0.385. The first-order valence-corrected chi connectivity index (χ1v) is 6.62. The lowest BCUT2D eigenvalue weighted by atomic mass is 10.0. The number of carbonyl (C=O) groups is 1. The highest BCUT2D eigenvalue weighted by molar-refractivity contribution is 7.09. The van der Waals surface area contributed by atoms with Crippen molar-refractivity contribution in [2.24, 2.45) is 0 Å². The van der Waals surface area contributed by atoms with Crippen molar-refractivity contribution >= 4 is 17.4 Å². The van der Waals surface area contributed by atoms with Crippen LogP contribution < -0.4 is 0 Å². The van der Waals surface area contributed by atoms with E-state index in [1.807, 2.05) is 18.4 Å². The van der Waals surface area contributed by atoms with Crippen LogP contribution in [0.15, 0.2) is 17.0 Å². The van der Waals surface area contributed by atoms with Gasteiger partial charge in [-0.2, -0.15) is 0 Å². The zero-order chi connectivity index (χ0) is 13.0. The number of hydrogen-bond donors (Lipinski definition) is 1. The average molecular weight is 262 g/mol. The monoisotopic (exact) mass is 262 g/mol. The van der Waals surface area contributed by atoms with Gasteiger partial charge in [0.25, 0.3) is 0 Å². The predicted molar refractivity (Wildman–Crippen MR) is 70.6 cm³/mol. The van der Waals surface area contributed by atoms with Crippen molar-refractivity contribution in [3.63, 3.8) is 0 Å². The number of thiazole rings is 1. The Kier molecular flexibility index (Phi) is 4.00. The van der Waals surface area contributed by atoms with E-state index in [0.717, 1.165) is 23.5 Å². The minimum Gasteiger partial charge on any atom is -0.465 e. The van der Waals surface area contributed by atoms with E-state index >= 15 is 0 Å². The van der Waals surface area contributed by atoms with E-state index in [9.17, 15) is 4.79 Å². The second kappa shape index (κ2) is 5.69. The highest BCUT2D eigenvalue weighted by atomic mass is 32.1. The molecule has 1 saturated heterocycles. The lowest BCUT2D eigenvalue weighted by Gasteiger charge is -2.25. The van der Waals surface area contributed by atoms with E-state index in [1.54, 1.807) is 11.3 Å². The smallest absolute Gasteiger partial charge is 0.407 e. The molecule has 1 amide bonds. The molecular weight excluding hydrogens is 248 g/mol. The molecule has 4 nitrogen and oxygen atoms in total. The van der Waals surface area contributed by atoms with Gasteiger partial charge in [0.05, 0.1) is 5.01 Å². The molecule has 1 N–H and O–H groups in total. The van der Waals surface area contributed by atoms with Crippen molar-refractivity contribution in [2.75, 3.05) is 13.1 Å². The van der Waals surface area contributed by atoms with Gasteiger partial charge in [0, 0.05) is 18.5 Å². The summed E-state index contributed by atoms with van der Waals surface area (Å²) in [4.78, 5) is 16.4. The summed E-state index contributed by atoms with van der Waals surface area (Å²) in [6.07, 6.45) is 2.61. The Balaban J connectivity index is 1.92. The van der Waals surface area contributed by atoms with E-state index in [1.165, 1.54) is 10.5 Å². The third-order valence-corrected chi connectivity index (χ3v) is 3.55. The molecule has 0 aromatic carbocycles. The van der Waals surface area contributed by atoms with Crippen LogP contribution >= 0.6 is 11.3 Å². The molecule has 0 spiro atoms. The summed E-state index contributed by atoms with van der Waals surface area (Å²) in [5.74, 6) is 5.98. The molecule has 1 fully saturated rings. The number of nitrogens with zero attached hydrogens (tertiary/aromatic N) is 2. The van der Waals surface area contributed by atoms with Gasteiger partial charge in [0.2, 0.25) is 0 Å². The molecule has 1 aromatic rings. The molecule has 0 bridgehead atoms. The molecule has 5 heteroatoms. The second-order valence-electron chi connectivity index (χ2n) is 4.09. The molecular formula is C13H14N2O2S. The largest absolute Gasteiger partial charge is 0.465 e. The standard InChI is InChI=1S/C13H14N2O2S/c1-10-14-12(9-18-10)4-2-3-11-5-7-15(8-6-11)13(16)17/h3,9H,5-8H2,1H3,(H,16,17). The molecule has 0 atom stereocenters. The number of likely N-dealkylation sites (tertiary alicyclic amines) is 1. The summed E-state index contributed by atoms with van der Waals surface area (Å²) in [7, 11) is 0. The van der Waals surface area contributed by atoms with Crippen LogP contribution in [0.5, 0.6) is 0 Å². The Labute approximate surface area is 110 Å². The van der Waals surface area contributed by atoms with Crippen LogP contribution in [-0.4, -0.2) is 34.2 Å². The third kappa shape index (κ3) is 3.34. The van der Waals surface area contributed by atoms with Crippen LogP contribution in [-0.2, 0) is 0 Å². The van der Waals surface area contributed by atoms with Crippen molar-refractivity contribution < 1.29 is 9.90 Å².